The maximum Gasteiger partial charge on any atom is 0.242 e. The van der Waals surface area contributed by atoms with Crippen LogP contribution < -0.4 is 4.90 Å². The molecule has 2 aliphatic heterocycles. The standard InChI is InChI=1S/C18H25N3O4S/c1-13-4-6-15(7-5-13)20-11-14(10-17(20)22)18(23)21(19(2)3)16-8-9-26(24,25)12-16/h4-7,14,16H,8-12H2,1-3H3/t14-,16-/m0/s1. The number of hydrazine groups is 1. The summed E-state index contributed by atoms with van der Waals surface area (Å²) in [5.41, 5.74) is 1.89. The Morgan fingerprint density at radius 1 is 1.19 bits per heavy atom. The number of hydrogen-bond donors (Lipinski definition) is 0. The molecule has 2 atom stereocenters. The highest BCUT2D eigenvalue weighted by Crippen LogP contribution is 2.28. The minimum Gasteiger partial charge on any atom is -0.312 e. The van der Waals surface area contributed by atoms with Crippen molar-refractivity contribution >= 4 is 27.3 Å². The van der Waals surface area contributed by atoms with Gasteiger partial charge in [-0.2, -0.15) is 0 Å². The SMILES string of the molecule is Cc1ccc(N2C[C@@H](C(=O)N([C@H]3CCS(=O)(=O)C3)N(C)C)CC2=O)cc1. The van der Waals surface area contributed by atoms with Gasteiger partial charge in [0.25, 0.3) is 0 Å². The number of carbonyl (C=O) groups is 2. The molecule has 142 valence electrons. The lowest BCUT2D eigenvalue weighted by Gasteiger charge is -2.35. The third-order valence-electron chi connectivity index (χ3n) is 5.03. The highest BCUT2D eigenvalue weighted by Gasteiger charge is 2.42. The molecule has 0 radical (unpaired) electrons. The molecule has 0 unspecified atom stereocenters. The van der Waals surface area contributed by atoms with Crippen LogP contribution in [0.1, 0.15) is 18.4 Å². The molecule has 26 heavy (non-hydrogen) atoms. The van der Waals surface area contributed by atoms with E-state index < -0.39 is 15.8 Å². The molecule has 0 bridgehead atoms. The van der Waals surface area contributed by atoms with Gasteiger partial charge in [0.1, 0.15) is 0 Å². The lowest BCUT2D eigenvalue weighted by atomic mass is 10.1. The fraction of sp³-hybridized carbons (Fsp3) is 0.556. The van der Waals surface area contributed by atoms with Gasteiger partial charge in [-0.15, -0.1) is 0 Å². The van der Waals surface area contributed by atoms with Crippen molar-refractivity contribution < 1.29 is 18.0 Å². The third kappa shape index (κ3) is 3.76. The van der Waals surface area contributed by atoms with Gasteiger partial charge in [-0.3, -0.25) is 14.6 Å². The molecule has 0 N–H and O–H groups in total. The van der Waals surface area contributed by atoms with Crippen LogP contribution in [0.4, 0.5) is 5.69 Å². The van der Waals surface area contributed by atoms with Crippen LogP contribution in [0, 0.1) is 12.8 Å². The molecule has 0 spiro atoms. The highest BCUT2D eigenvalue weighted by molar-refractivity contribution is 7.91. The number of nitrogens with zero attached hydrogens (tertiary/aromatic N) is 3. The molecule has 0 saturated carbocycles. The van der Waals surface area contributed by atoms with E-state index in [1.54, 1.807) is 24.0 Å². The minimum atomic E-state index is -3.10. The van der Waals surface area contributed by atoms with Gasteiger partial charge >= 0.3 is 0 Å². The van der Waals surface area contributed by atoms with Gasteiger partial charge in [0.05, 0.1) is 23.5 Å². The summed E-state index contributed by atoms with van der Waals surface area (Å²) in [6, 6.07) is 7.28. The zero-order valence-corrected chi connectivity index (χ0v) is 16.2. The number of sulfone groups is 1. The molecule has 0 aromatic heterocycles. The average Bonchev–Trinajstić information content (AvgIpc) is 3.11. The zero-order valence-electron chi connectivity index (χ0n) is 15.4. The van der Waals surface area contributed by atoms with E-state index in [1.807, 2.05) is 31.2 Å². The molecular weight excluding hydrogens is 354 g/mol. The molecule has 1 aromatic carbocycles. The monoisotopic (exact) mass is 379 g/mol. The lowest BCUT2D eigenvalue weighted by Crippen LogP contribution is -2.52. The Morgan fingerprint density at radius 2 is 1.85 bits per heavy atom. The predicted molar refractivity (Wildman–Crippen MR) is 99.2 cm³/mol. The van der Waals surface area contributed by atoms with Crippen LogP contribution in [0.25, 0.3) is 0 Å². The van der Waals surface area contributed by atoms with Crippen LogP contribution in [0.5, 0.6) is 0 Å². The van der Waals surface area contributed by atoms with E-state index in [2.05, 4.69) is 0 Å². The molecule has 3 rings (SSSR count). The number of benzene rings is 1. The van der Waals surface area contributed by atoms with E-state index in [0.717, 1.165) is 11.3 Å². The van der Waals surface area contributed by atoms with Gasteiger partial charge in [0, 0.05) is 32.7 Å². The largest absolute Gasteiger partial charge is 0.312 e. The fourth-order valence-electron chi connectivity index (χ4n) is 3.71. The molecule has 8 heteroatoms. The summed E-state index contributed by atoms with van der Waals surface area (Å²) < 4.78 is 23.6. The molecule has 2 amide bonds. The first-order valence-electron chi connectivity index (χ1n) is 8.76. The van der Waals surface area contributed by atoms with Crippen molar-refractivity contribution in [2.45, 2.75) is 25.8 Å². The van der Waals surface area contributed by atoms with Crippen molar-refractivity contribution in [3.05, 3.63) is 29.8 Å². The number of carbonyl (C=O) groups excluding carboxylic acids is 2. The summed E-state index contributed by atoms with van der Waals surface area (Å²) in [6.45, 7) is 2.30. The number of anilines is 1. The van der Waals surface area contributed by atoms with E-state index in [-0.39, 0.29) is 35.8 Å². The van der Waals surface area contributed by atoms with Gasteiger partial charge in [-0.25, -0.2) is 13.4 Å². The van der Waals surface area contributed by atoms with Gasteiger partial charge in [0.2, 0.25) is 11.8 Å². The quantitative estimate of drug-likeness (QED) is 0.725. The van der Waals surface area contributed by atoms with Crippen LogP contribution in [0.3, 0.4) is 0 Å². The normalized spacial score (nSPS) is 25.1. The van der Waals surface area contributed by atoms with Crippen LogP contribution in [0.2, 0.25) is 0 Å². The van der Waals surface area contributed by atoms with Gasteiger partial charge < -0.3 is 4.90 Å². The van der Waals surface area contributed by atoms with E-state index in [0.29, 0.717) is 13.0 Å². The van der Waals surface area contributed by atoms with Crippen molar-refractivity contribution in [2.24, 2.45) is 5.92 Å². The maximum atomic E-state index is 13.1. The molecule has 0 aliphatic carbocycles. The van der Waals surface area contributed by atoms with Crippen molar-refractivity contribution in [2.75, 3.05) is 37.0 Å². The Kier molecular flexibility index (Phi) is 5.07. The molecule has 7 nitrogen and oxygen atoms in total. The van der Waals surface area contributed by atoms with Crippen molar-refractivity contribution in [3.8, 4) is 0 Å². The van der Waals surface area contributed by atoms with Crippen molar-refractivity contribution in [3.63, 3.8) is 0 Å². The molecule has 2 saturated heterocycles. The number of aryl methyl sites for hydroxylation is 1. The second-order valence-electron chi connectivity index (χ2n) is 7.33. The Bertz CT molecular complexity index is 804. The van der Waals surface area contributed by atoms with Crippen molar-refractivity contribution in [1.82, 2.24) is 10.0 Å². The lowest BCUT2D eigenvalue weighted by molar-refractivity contribution is -0.153. The summed E-state index contributed by atoms with van der Waals surface area (Å²) >= 11 is 0. The van der Waals surface area contributed by atoms with Gasteiger partial charge in [-0.05, 0) is 25.5 Å². The maximum absolute atomic E-state index is 13.1. The minimum absolute atomic E-state index is 0.0146. The predicted octanol–water partition coefficient (Wildman–Crippen LogP) is 0.840. The Labute approximate surface area is 154 Å². The van der Waals surface area contributed by atoms with Crippen LogP contribution in [0.15, 0.2) is 24.3 Å². The first kappa shape index (κ1) is 18.8. The molecule has 1 aromatic rings. The number of hydrogen-bond acceptors (Lipinski definition) is 5. The summed E-state index contributed by atoms with van der Waals surface area (Å²) in [7, 11) is 0.369. The Balaban J connectivity index is 1.76. The van der Waals surface area contributed by atoms with E-state index in [9.17, 15) is 18.0 Å². The smallest absolute Gasteiger partial charge is 0.242 e. The highest BCUT2D eigenvalue weighted by atomic mass is 32.2. The number of amides is 2. The first-order chi connectivity index (χ1) is 12.2. The van der Waals surface area contributed by atoms with E-state index in [4.69, 9.17) is 0 Å². The van der Waals surface area contributed by atoms with Crippen molar-refractivity contribution in [1.29, 1.82) is 0 Å². The summed E-state index contributed by atoms with van der Waals surface area (Å²) in [6.07, 6.45) is 0.588. The Morgan fingerprint density at radius 3 is 2.38 bits per heavy atom. The fourth-order valence-corrected chi connectivity index (χ4v) is 5.40. The zero-order chi connectivity index (χ0) is 19.1. The van der Waals surface area contributed by atoms with Crippen LogP contribution in [-0.4, -0.2) is 68.4 Å². The van der Waals surface area contributed by atoms with E-state index in [1.165, 1.54) is 5.01 Å². The van der Waals surface area contributed by atoms with Crippen LogP contribution >= 0.6 is 0 Å². The third-order valence-corrected chi connectivity index (χ3v) is 6.78. The molecule has 2 aliphatic rings. The van der Waals surface area contributed by atoms with Crippen LogP contribution in [-0.2, 0) is 19.4 Å². The topological polar surface area (TPSA) is 78.0 Å². The second kappa shape index (κ2) is 7.00. The summed E-state index contributed by atoms with van der Waals surface area (Å²) in [4.78, 5) is 27.1. The summed E-state index contributed by atoms with van der Waals surface area (Å²) in [5.74, 6) is -0.632. The molecule has 2 heterocycles. The molecule has 2 fully saturated rings. The molecular formula is C18H25N3O4S. The average molecular weight is 379 g/mol. The Hall–Kier alpha value is -1.93. The van der Waals surface area contributed by atoms with Gasteiger partial charge in [0.15, 0.2) is 9.84 Å². The number of rotatable bonds is 4. The summed E-state index contributed by atoms with van der Waals surface area (Å²) in [5, 5.41) is 3.17. The second-order valence-corrected chi connectivity index (χ2v) is 9.56. The first-order valence-corrected chi connectivity index (χ1v) is 10.6. The van der Waals surface area contributed by atoms with E-state index >= 15 is 0 Å². The van der Waals surface area contributed by atoms with Gasteiger partial charge in [-0.1, -0.05) is 17.7 Å².